The molecule has 2 saturated heterocycles. The Bertz CT molecular complexity index is 1410. The molecule has 4 heterocycles. The Morgan fingerprint density at radius 2 is 1.76 bits per heavy atom. The highest BCUT2D eigenvalue weighted by atomic mass is 16.5. The van der Waals surface area contributed by atoms with Gasteiger partial charge in [0, 0.05) is 51.5 Å². The summed E-state index contributed by atoms with van der Waals surface area (Å²) in [4.78, 5) is 52.0. The first-order valence-electron chi connectivity index (χ1n) is 12.8. The molecule has 3 aromatic rings. The number of pyridine rings is 1. The molecule has 0 radical (unpaired) electrons. The minimum absolute atomic E-state index is 0.0226. The second kappa shape index (κ2) is 10.3. The van der Waals surface area contributed by atoms with Crippen molar-refractivity contribution in [2.45, 2.75) is 26.5 Å². The number of fused-ring (bicyclic) bond motifs is 1. The zero-order chi connectivity index (χ0) is 27.0. The standard InChI is InChI=1S/C27H33N7O4/c1-18(2)32-13-14-33(27(32)37)21-15-20(31-11-9-30(3)10-12-31)16-34-25(21)29-22(24(28)35)23(26(34)36)38-17-19-7-5-4-6-8-19/h4-8,15-16,18H,9-14,17H2,1-3H3,(H2,28,35). The molecule has 5 rings (SSSR count). The fourth-order valence-corrected chi connectivity index (χ4v) is 4.91. The number of hydrogen-bond donors (Lipinski definition) is 1. The molecule has 2 aliphatic rings. The van der Waals surface area contributed by atoms with E-state index in [-0.39, 0.29) is 35.8 Å². The van der Waals surface area contributed by atoms with E-state index < -0.39 is 11.5 Å². The van der Waals surface area contributed by atoms with E-state index in [1.165, 1.54) is 4.40 Å². The number of amides is 3. The fraction of sp³-hybridized carbons (Fsp3) is 0.407. The third kappa shape index (κ3) is 4.76. The van der Waals surface area contributed by atoms with Crippen molar-refractivity contribution in [1.82, 2.24) is 19.2 Å². The predicted octanol–water partition coefficient (Wildman–Crippen LogP) is 1.77. The van der Waals surface area contributed by atoms with Gasteiger partial charge in [0.25, 0.3) is 5.91 Å². The summed E-state index contributed by atoms with van der Waals surface area (Å²) in [7, 11) is 2.07. The molecule has 0 saturated carbocycles. The maximum Gasteiger partial charge on any atom is 0.324 e. The Labute approximate surface area is 221 Å². The molecule has 0 aliphatic carbocycles. The number of piperazine rings is 1. The molecule has 11 heteroatoms. The first kappa shape index (κ1) is 25.5. The fourth-order valence-electron chi connectivity index (χ4n) is 4.91. The lowest BCUT2D eigenvalue weighted by molar-refractivity contribution is 0.0990. The van der Waals surface area contributed by atoms with Gasteiger partial charge in [0.1, 0.15) is 6.61 Å². The van der Waals surface area contributed by atoms with Crippen molar-refractivity contribution in [2.75, 3.05) is 56.1 Å². The molecule has 38 heavy (non-hydrogen) atoms. The molecule has 1 aromatic carbocycles. The smallest absolute Gasteiger partial charge is 0.324 e. The average molecular weight is 520 g/mol. The normalized spacial score (nSPS) is 16.6. The molecule has 0 atom stereocenters. The van der Waals surface area contributed by atoms with Crippen LogP contribution in [0.3, 0.4) is 0 Å². The van der Waals surface area contributed by atoms with Crippen molar-refractivity contribution >= 4 is 29.0 Å². The summed E-state index contributed by atoms with van der Waals surface area (Å²) in [6.45, 7) is 8.27. The molecule has 0 spiro atoms. The average Bonchev–Trinajstić information content (AvgIpc) is 3.29. The lowest BCUT2D eigenvalue weighted by atomic mass is 10.2. The van der Waals surface area contributed by atoms with Crippen molar-refractivity contribution in [3.63, 3.8) is 0 Å². The van der Waals surface area contributed by atoms with Crippen LogP contribution in [0.25, 0.3) is 5.65 Å². The highest BCUT2D eigenvalue weighted by Gasteiger charge is 2.34. The topological polar surface area (TPSA) is 117 Å². The molecule has 2 N–H and O–H groups in total. The van der Waals surface area contributed by atoms with Crippen LogP contribution in [0.5, 0.6) is 5.75 Å². The Hall–Kier alpha value is -4.12. The number of carbonyl (C=O) groups is 2. The number of rotatable bonds is 7. The maximum atomic E-state index is 13.8. The molecular formula is C27H33N7O4. The van der Waals surface area contributed by atoms with E-state index in [1.807, 2.05) is 50.2 Å². The predicted molar refractivity (Wildman–Crippen MR) is 145 cm³/mol. The molecular weight excluding hydrogens is 486 g/mol. The van der Waals surface area contributed by atoms with Crippen LogP contribution in [0.15, 0.2) is 47.4 Å². The Kier molecular flexibility index (Phi) is 6.94. The van der Waals surface area contributed by atoms with Gasteiger partial charge in [-0.25, -0.2) is 9.78 Å². The van der Waals surface area contributed by atoms with Crippen LogP contribution in [0.1, 0.15) is 29.9 Å². The zero-order valence-corrected chi connectivity index (χ0v) is 22.0. The molecule has 200 valence electrons. The SMILES string of the molecule is CC(C)N1CCN(c2cc(N3CCN(C)CC3)cn3c(=O)c(OCc4ccccc4)c(C(N)=O)nc23)C1=O. The first-order chi connectivity index (χ1) is 18.2. The van der Waals surface area contributed by atoms with Crippen LogP contribution in [0, 0.1) is 0 Å². The quantitative estimate of drug-likeness (QED) is 0.506. The van der Waals surface area contributed by atoms with Crippen molar-refractivity contribution in [3.8, 4) is 5.75 Å². The van der Waals surface area contributed by atoms with Gasteiger partial charge in [0.15, 0.2) is 11.3 Å². The van der Waals surface area contributed by atoms with E-state index in [9.17, 15) is 14.4 Å². The van der Waals surface area contributed by atoms with Crippen LogP contribution in [-0.2, 0) is 6.61 Å². The van der Waals surface area contributed by atoms with Crippen LogP contribution >= 0.6 is 0 Å². The Morgan fingerprint density at radius 1 is 1.05 bits per heavy atom. The minimum Gasteiger partial charge on any atom is -0.481 e. The lowest BCUT2D eigenvalue weighted by Crippen LogP contribution is -2.44. The highest BCUT2D eigenvalue weighted by Crippen LogP contribution is 2.31. The van der Waals surface area contributed by atoms with Crippen molar-refractivity contribution < 1.29 is 14.3 Å². The van der Waals surface area contributed by atoms with E-state index in [0.717, 1.165) is 37.4 Å². The summed E-state index contributed by atoms with van der Waals surface area (Å²) in [6.07, 6.45) is 1.71. The molecule has 3 amide bonds. The van der Waals surface area contributed by atoms with Crippen LogP contribution in [-0.4, -0.2) is 83.5 Å². The largest absolute Gasteiger partial charge is 0.481 e. The molecule has 11 nitrogen and oxygen atoms in total. The van der Waals surface area contributed by atoms with Gasteiger partial charge in [-0.3, -0.25) is 18.9 Å². The Balaban J connectivity index is 1.66. The zero-order valence-electron chi connectivity index (χ0n) is 22.0. The van der Waals surface area contributed by atoms with Gasteiger partial charge < -0.3 is 25.2 Å². The summed E-state index contributed by atoms with van der Waals surface area (Å²) >= 11 is 0. The van der Waals surface area contributed by atoms with Crippen LogP contribution in [0.2, 0.25) is 0 Å². The number of hydrogen-bond acceptors (Lipinski definition) is 7. The van der Waals surface area contributed by atoms with E-state index >= 15 is 0 Å². The summed E-state index contributed by atoms with van der Waals surface area (Å²) in [5.74, 6) is -1.09. The summed E-state index contributed by atoms with van der Waals surface area (Å²) < 4.78 is 7.23. The molecule has 2 aromatic heterocycles. The number of carbonyl (C=O) groups excluding carboxylic acids is 2. The first-order valence-corrected chi connectivity index (χ1v) is 12.8. The van der Waals surface area contributed by atoms with Gasteiger partial charge in [-0.15, -0.1) is 0 Å². The minimum atomic E-state index is -0.877. The van der Waals surface area contributed by atoms with Crippen LogP contribution < -0.4 is 25.8 Å². The second-order valence-electron chi connectivity index (χ2n) is 10.0. The van der Waals surface area contributed by atoms with Crippen molar-refractivity contribution in [2.24, 2.45) is 5.73 Å². The summed E-state index contributed by atoms with van der Waals surface area (Å²) in [5.41, 5.74) is 7.13. The van der Waals surface area contributed by atoms with Crippen molar-refractivity contribution in [3.05, 3.63) is 64.2 Å². The number of urea groups is 1. The molecule has 0 unspecified atom stereocenters. The maximum absolute atomic E-state index is 13.8. The van der Waals surface area contributed by atoms with E-state index in [1.54, 1.807) is 16.0 Å². The van der Waals surface area contributed by atoms with Gasteiger partial charge in [0.2, 0.25) is 5.75 Å². The number of ether oxygens (including phenoxy) is 1. The van der Waals surface area contributed by atoms with Gasteiger partial charge in [-0.05, 0) is 32.5 Å². The summed E-state index contributed by atoms with van der Waals surface area (Å²) in [5, 5.41) is 0. The van der Waals surface area contributed by atoms with Gasteiger partial charge >= 0.3 is 11.6 Å². The van der Waals surface area contributed by atoms with E-state index in [2.05, 4.69) is 21.8 Å². The van der Waals surface area contributed by atoms with Gasteiger partial charge in [-0.2, -0.15) is 0 Å². The molecule has 2 fully saturated rings. The molecule has 2 aliphatic heterocycles. The number of primary amides is 1. The van der Waals surface area contributed by atoms with Crippen molar-refractivity contribution in [1.29, 1.82) is 0 Å². The number of benzene rings is 1. The number of likely N-dealkylation sites (N-methyl/N-ethyl adjacent to an activating group) is 1. The molecule has 0 bridgehead atoms. The van der Waals surface area contributed by atoms with Gasteiger partial charge in [0.05, 0.1) is 11.4 Å². The number of anilines is 2. The lowest BCUT2D eigenvalue weighted by Gasteiger charge is -2.34. The number of nitrogens with zero attached hydrogens (tertiary/aromatic N) is 6. The van der Waals surface area contributed by atoms with E-state index in [0.29, 0.717) is 18.8 Å². The van der Waals surface area contributed by atoms with Crippen LogP contribution in [0.4, 0.5) is 16.2 Å². The second-order valence-corrected chi connectivity index (χ2v) is 10.0. The number of aromatic nitrogens is 2. The highest BCUT2D eigenvalue weighted by molar-refractivity contribution is 6.00. The van der Waals surface area contributed by atoms with E-state index in [4.69, 9.17) is 10.5 Å². The monoisotopic (exact) mass is 519 g/mol. The van der Waals surface area contributed by atoms with Gasteiger partial charge in [-0.1, -0.05) is 30.3 Å². The summed E-state index contributed by atoms with van der Waals surface area (Å²) in [6, 6.07) is 11.1. The third-order valence-electron chi connectivity index (χ3n) is 7.13. The number of nitrogens with two attached hydrogens (primary N) is 1. The third-order valence-corrected chi connectivity index (χ3v) is 7.13. The Morgan fingerprint density at radius 3 is 2.39 bits per heavy atom.